The summed E-state index contributed by atoms with van der Waals surface area (Å²) in [5.41, 5.74) is 1.04. The first kappa shape index (κ1) is 21.6. The van der Waals surface area contributed by atoms with Gasteiger partial charge < -0.3 is 24.1 Å². The Morgan fingerprint density at radius 3 is 1.92 bits per heavy atom. The molecule has 0 amide bonds. The van der Waals surface area contributed by atoms with Gasteiger partial charge in [0.15, 0.2) is 24.1 Å². The van der Waals surface area contributed by atoms with Crippen molar-refractivity contribution in [3.8, 4) is 17.2 Å². The summed E-state index contributed by atoms with van der Waals surface area (Å²) in [6.45, 7) is 17.1. The van der Waals surface area contributed by atoms with Gasteiger partial charge in [0.1, 0.15) is 0 Å². The largest absolute Gasteiger partial charge is 0.504 e. The first-order valence-corrected chi connectivity index (χ1v) is 9.03. The number of aromatic hydroxyl groups is 1. The Labute approximate surface area is 152 Å². The predicted octanol–water partition coefficient (Wildman–Crippen LogP) is 5.06. The van der Waals surface area contributed by atoms with E-state index >= 15 is 0 Å². The molecule has 0 aliphatic heterocycles. The van der Waals surface area contributed by atoms with Gasteiger partial charge in [-0.25, -0.2) is 0 Å². The summed E-state index contributed by atoms with van der Waals surface area (Å²) < 4.78 is 22.5. The Morgan fingerprint density at radius 1 is 0.920 bits per heavy atom. The molecule has 1 aromatic rings. The molecule has 5 nitrogen and oxygen atoms in total. The number of benzene rings is 1. The van der Waals surface area contributed by atoms with Crippen LogP contribution in [0.1, 0.15) is 66.9 Å². The van der Waals surface area contributed by atoms with E-state index in [1.807, 2.05) is 26.8 Å². The monoisotopic (exact) mass is 354 g/mol. The summed E-state index contributed by atoms with van der Waals surface area (Å²) in [4.78, 5) is 0. The van der Waals surface area contributed by atoms with Gasteiger partial charge in [0.2, 0.25) is 5.75 Å². The van der Waals surface area contributed by atoms with Gasteiger partial charge in [-0.1, -0.05) is 27.7 Å². The first-order chi connectivity index (χ1) is 11.6. The molecular weight excluding hydrogens is 320 g/mol. The highest BCUT2D eigenvalue weighted by Crippen LogP contribution is 2.44. The highest BCUT2D eigenvalue weighted by molar-refractivity contribution is 5.54. The molecule has 3 unspecified atom stereocenters. The Balaban J connectivity index is 3.25. The summed E-state index contributed by atoms with van der Waals surface area (Å²) in [6.07, 6.45) is -0.944. The summed E-state index contributed by atoms with van der Waals surface area (Å²) in [6, 6.07) is 3.65. The molecule has 25 heavy (non-hydrogen) atoms. The van der Waals surface area contributed by atoms with E-state index in [2.05, 4.69) is 27.7 Å². The van der Waals surface area contributed by atoms with Gasteiger partial charge in [0.25, 0.3) is 0 Å². The predicted molar refractivity (Wildman–Crippen MR) is 99.4 cm³/mol. The van der Waals surface area contributed by atoms with E-state index in [9.17, 15) is 5.11 Å². The van der Waals surface area contributed by atoms with Crippen LogP contribution < -0.4 is 9.47 Å². The van der Waals surface area contributed by atoms with E-state index in [1.54, 1.807) is 13.0 Å². The topological polar surface area (TPSA) is 57.2 Å². The van der Waals surface area contributed by atoms with Crippen molar-refractivity contribution in [1.29, 1.82) is 0 Å². The Morgan fingerprint density at radius 2 is 1.44 bits per heavy atom. The molecule has 0 radical (unpaired) electrons. The lowest BCUT2D eigenvalue weighted by Gasteiger charge is -2.29. The molecule has 1 aromatic carbocycles. The molecule has 0 aromatic heterocycles. The SMILES string of the molecule is CCOC(C)Oc1cc(C(C)C(C)(C)C)cc(O)c1OC(C)OCC. The summed E-state index contributed by atoms with van der Waals surface area (Å²) >= 11 is 0. The molecule has 0 fully saturated rings. The van der Waals surface area contributed by atoms with Gasteiger partial charge in [-0.05, 0) is 56.7 Å². The number of phenols is 1. The molecule has 3 atom stereocenters. The van der Waals surface area contributed by atoms with Crippen LogP contribution in [0.15, 0.2) is 12.1 Å². The highest BCUT2D eigenvalue weighted by atomic mass is 16.7. The van der Waals surface area contributed by atoms with E-state index in [0.717, 1.165) is 5.56 Å². The van der Waals surface area contributed by atoms with E-state index in [1.165, 1.54) is 0 Å². The number of ether oxygens (including phenoxy) is 4. The first-order valence-electron chi connectivity index (χ1n) is 9.03. The number of hydrogen-bond donors (Lipinski definition) is 1. The second-order valence-electron chi connectivity index (χ2n) is 7.24. The van der Waals surface area contributed by atoms with E-state index in [4.69, 9.17) is 18.9 Å². The van der Waals surface area contributed by atoms with Crippen molar-refractivity contribution in [2.24, 2.45) is 5.41 Å². The Kier molecular flexibility index (Phi) is 8.03. The minimum absolute atomic E-state index is 0.0406. The van der Waals surface area contributed by atoms with Crippen LogP contribution in [0.5, 0.6) is 17.2 Å². The molecule has 0 heterocycles. The lowest BCUT2D eigenvalue weighted by atomic mass is 9.78. The zero-order chi connectivity index (χ0) is 19.2. The van der Waals surface area contributed by atoms with Crippen molar-refractivity contribution in [2.45, 2.75) is 73.9 Å². The summed E-state index contributed by atoms with van der Waals surface area (Å²) in [7, 11) is 0. The fraction of sp³-hybridized carbons (Fsp3) is 0.700. The molecule has 0 saturated heterocycles. The smallest absolute Gasteiger partial charge is 0.206 e. The Bertz CT molecular complexity index is 536. The van der Waals surface area contributed by atoms with Crippen LogP contribution in [0.3, 0.4) is 0 Å². The average Bonchev–Trinajstić information content (AvgIpc) is 2.49. The summed E-state index contributed by atoms with van der Waals surface area (Å²) in [5.74, 6) is 0.997. The maximum absolute atomic E-state index is 10.5. The molecule has 0 saturated carbocycles. The Hall–Kier alpha value is -1.46. The van der Waals surface area contributed by atoms with Crippen molar-refractivity contribution in [3.05, 3.63) is 17.7 Å². The van der Waals surface area contributed by atoms with Crippen LogP contribution in [0, 0.1) is 5.41 Å². The lowest BCUT2D eigenvalue weighted by molar-refractivity contribution is -0.0774. The minimum Gasteiger partial charge on any atom is -0.504 e. The van der Waals surface area contributed by atoms with Gasteiger partial charge >= 0.3 is 0 Å². The van der Waals surface area contributed by atoms with Crippen molar-refractivity contribution in [2.75, 3.05) is 13.2 Å². The zero-order valence-corrected chi connectivity index (χ0v) is 16.9. The average molecular weight is 354 g/mol. The highest BCUT2D eigenvalue weighted by Gasteiger charge is 2.26. The van der Waals surface area contributed by atoms with Gasteiger partial charge in [0, 0.05) is 13.2 Å². The number of rotatable bonds is 9. The molecule has 144 valence electrons. The molecule has 5 heteroatoms. The normalized spacial score (nSPS) is 15.5. The quantitative estimate of drug-likeness (QED) is 0.628. The van der Waals surface area contributed by atoms with Crippen molar-refractivity contribution in [3.63, 3.8) is 0 Å². The van der Waals surface area contributed by atoms with Crippen LogP contribution in [-0.2, 0) is 9.47 Å². The number of phenolic OH excluding ortho intramolecular Hbond substituents is 1. The zero-order valence-electron chi connectivity index (χ0n) is 16.9. The van der Waals surface area contributed by atoms with E-state index in [0.29, 0.717) is 19.0 Å². The maximum atomic E-state index is 10.5. The van der Waals surface area contributed by atoms with Crippen LogP contribution >= 0.6 is 0 Å². The second kappa shape index (κ2) is 9.30. The van der Waals surface area contributed by atoms with Gasteiger partial charge in [-0.2, -0.15) is 0 Å². The third kappa shape index (κ3) is 6.40. The molecule has 1 rings (SSSR count). The third-order valence-electron chi connectivity index (χ3n) is 4.24. The fourth-order valence-electron chi connectivity index (χ4n) is 2.45. The fourth-order valence-corrected chi connectivity index (χ4v) is 2.45. The van der Waals surface area contributed by atoms with Crippen molar-refractivity contribution in [1.82, 2.24) is 0 Å². The van der Waals surface area contributed by atoms with Crippen LogP contribution in [0.4, 0.5) is 0 Å². The van der Waals surface area contributed by atoms with Gasteiger partial charge in [0.05, 0.1) is 0 Å². The molecule has 0 bridgehead atoms. The molecule has 0 spiro atoms. The van der Waals surface area contributed by atoms with Crippen LogP contribution in [-0.4, -0.2) is 30.9 Å². The van der Waals surface area contributed by atoms with E-state index < -0.39 is 12.6 Å². The molecular formula is C20H34O5. The van der Waals surface area contributed by atoms with Crippen molar-refractivity contribution >= 4 is 0 Å². The van der Waals surface area contributed by atoms with Crippen molar-refractivity contribution < 1.29 is 24.1 Å². The standard InChI is InChI=1S/C20H34O5/c1-9-22-14(4)24-18-12-16(13(3)20(6,7)8)11-17(21)19(18)25-15(5)23-10-2/h11-15,21H,9-10H2,1-8H3. The second-order valence-corrected chi connectivity index (χ2v) is 7.24. The molecule has 1 N–H and O–H groups in total. The van der Waals surface area contributed by atoms with Crippen LogP contribution in [0.2, 0.25) is 0 Å². The maximum Gasteiger partial charge on any atom is 0.206 e. The van der Waals surface area contributed by atoms with Crippen LogP contribution in [0.25, 0.3) is 0 Å². The molecule has 0 aliphatic rings. The third-order valence-corrected chi connectivity index (χ3v) is 4.24. The molecule has 0 aliphatic carbocycles. The van der Waals surface area contributed by atoms with Gasteiger partial charge in [-0.15, -0.1) is 0 Å². The number of hydrogen-bond acceptors (Lipinski definition) is 5. The van der Waals surface area contributed by atoms with E-state index in [-0.39, 0.29) is 22.8 Å². The lowest BCUT2D eigenvalue weighted by Crippen LogP contribution is -2.20. The minimum atomic E-state index is -0.494. The summed E-state index contributed by atoms with van der Waals surface area (Å²) in [5, 5.41) is 10.5. The van der Waals surface area contributed by atoms with Gasteiger partial charge in [-0.3, -0.25) is 0 Å².